The first-order chi connectivity index (χ1) is 7.85. The van der Waals surface area contributed by atoms with Gasteiger partial charge in [0, 0.05) is 0 Å². The molecule has 0 fully saturated rings. The summed E-state index contributed by atoms with van der Waals surface area (Å²) >= 11 is 0. The van der Waals surface area contributed by atoms with Crippen LogP contribution in [0.5, 0.6) is 0 Å². The Morgan fingerprint density at radius 2 is 1.94 bits per heavy atom. The van der Waals surface area contributed by atoms with E-state index in [4.69, 9.17) is 0 Å². The van der Waals surface area contributed by atoms with E-state index < -0.39 is 0 Å². The summed E-state index contributed by atoms with van der Waals surface area (Å²) in [6.45, 7) is 7.66. The molecule has 0 amide bonds. The Kier molecular flexibility index (Phi) is 3.40. The number of allylic oxidation sites excluding steroid dienone is 4. The maximum Gasteiger partial charge on any atom is -0.0118 e. The molecule has 0 unspecified atom stereocenters. The number of hydrogen-bond donors (Lipinski definition) is 0. The van der Waals surface area contributed by atoms with Crippen LogP contribution in [0.15, 0.2) is 61.2 Å². The molecule has 0 heteroatoms. The Morgan fingerprint density at radius 1 is 1.19 bits per heavy atom. The molecule has 1 aliphatic rings. The van der Waals surface area contributed by atoms with E-state index in [0.717, 1.165) is 6.42 Å². The number of hydrogen-bond acceptors (Lipinski definition) is 0. The molecular weight excluding hydrogens is 192 g/mol. The smallest absolute Gasteiger partial charge is 0.0118 e. The SMILES string of the molecule is C=C/C=C(\C=C)[C@H]1CCc2ccccc2C1. The minimum absolute atomic E-state index is 0.616. The molecule has 1 atom stereocenters. The molecular formula is C16H18. The Labute approximate surface area is 98.0 Å². The van der Waals surface area contributed by atoms with Crippen LogP contribution in [0.2, 0.25) is 0 Å². The number of fused-ring (bicyclic) bond motifs is 1. The maximum atomic E-state index is 3.89. The third-order valence-corrected chi connectivity index (χ3v) is 3.36. The molecule has 2 rings (SSSR count). The summed E-state index contributed by atoms with van der Waals surface area (Å²) in [5, 5.41) is 0. The van der Waals surface area contributed by atoms with E-state index in [9.17, 15) is 0 Å². The van der Waals surface area contributed by atoms with Gasteiger partial charge in [0.15, 0.2) is 0 Å². The monoisotopic (exact) mass is 210 g/mol. The lowest BCUT2D eigenvalue weighted by Gasteiger charge is -2.25. The van der Waals surface area contributed by atoms with Gasteiger partial charge in [0.2, 0.25) is 0 Å². The normalized spacial score (nSPS) is 20.0. The Hall–Kier alpha value is -1.56. The van der Waals surface area contributed by atoms with E-state index in [-0.39, 0.29) is 0 Å². The van der Waals surface area contributed by atoms with Crippen molar-refractivity contribution in [3.05, 3.63) is 72.4 Å². The zero-order valence-electron chi connectivity index (χ0n) is 9.65. The molecule has 0 heterocycles. The van der Waals surface area contributed by atoms with Crippen LogP contribution < -0.4 is 0 Å². The first-order valence-corrected chi connectivity index (χ1v) is 5.87. The van der Waals surface area contributed by atoms with Gasteiger partial charge in [-0.1, -0.05) is 55.7 Å². The van der Waals surface area contributed by atoms with Gasteiger partial charge >= 0.3 is 0 Å². The van der Waals surface area contributed by atoms with Crippen LogP contribution in [0.1, 0.15) is 17.5 Å². The minimum atomic E-state index is 0.616. The standard InChI is InChI=1S/C16H18/c1-3-7-13(4-2)16-11-10-14-8-5-6-9-15(14)12-16/h3-9,16H,1-2,10-12H2/b13-7+/t16-/m0/s1. The molecule has 0 saturated heterocycles. The highest BCUT2D eigenvalue weighted by molar-refractivity contribution is 5.34. The summed E-state index contributed by atoms with van der Waals surface area (Å²) in [7, 11) is 0. The Bertz CT molecular complexity index is 423. The number of aryl methyl sites for hydroxylation is 1. The quantitative estimate of drug-likeness (QED) is 0.659. The van der Waals surface area contributed by atoms with E-state index in [1.54, 1.807) is 0 Å². The molecule has 0 aromatic heterocycles. The molecule has 82 valence electrons. The first-order valence-electron chi connectivity index (χ1n) is 5.87. The zero-order chi connectivity index (χ0) is 11.4. The molecule has 1 aromatic rings. The summed E-state index contributed by atoms with van der Waals surface area (Å²) in [6, 6.07) is 8.76. The van der Waals surface area contributed by atoms with Crippen molar-refractivity contribution in [1.29, 1.82) is 0 Å². The molecule has 0 N–H and O–H groups in total. The Balaban J connectivity index is 2.22. The van der Waals surface area contributed by atoms with Crippen LogP contribution >= 0.6 is 0 Å². The van der Waals surface area contributed by atoms with E-state index >= 15 is 0 Å². The molecule has 0 saturated carbocycles. The summed E-state index contributed by atoms with van der Waals surface area (Å²) < 4.78 is 0. The summed E-state index contributed by atoms with van der Waals surface area (Å²) in [6.07, 6.45) is 9.47. The predicted molar refractivity (Wildman–Crippen MR) is 70.4 cm³/mol. The fraction of sp³-hybridized carbons (Fsp3) is 0.250. The lowest BCUT2D eigenvalue weighted by Crippen LogP contribution is -2.15. The molecule has 0 radical (unpaired) electrons. The highest BCUT2D eigenvalue weighted by Gasteiger charge is 2.19. The number of benzene rings is 1. The van der Waals surface area contributed by atoms with Crippen LogP contribution in [0, 0.1) is 5.92 Å². The van der Waals surface area contributed by atoms with Gasteiger partial charge in [-0.25, -0.2) is 0 Å². The second-order valence-corrected chi connectivity index (χ2v) is 4.31. The lowest BCUT2D eigenvalue weighted by molar-refractivity contribution is 0.535. The van der Waals surface area contributed by atoms with Crippen LogP contribution in [-0.2, 0) is 12.8 Å². The maximum absolute atomic E-state index is 3.89. The van der Waals surface area contributed by atoms with E-state index in [2.05, 4.69) is 43.5 Å². The van der Waals surface area contributed by atoms with Gasteiger partial charge in [0.1, 0.15) is 0 Å². The van der Waals surface area contributed by atoms with Crippen LogP contribution in [0.3, 0.4) is 0 Å². The van der Waals surface area contributed by atoms with Gasteiger partial charge in [0.25, 0.3) is 0 Å². The second-order valence-electron chi connectivity index (χ2n) is 4.31. The summed E-state index contributed by atoms with van der Waals surface area (Å²) in [5.41, 5.74) is 4.33. The van der Waals surface area contributed by atoms with Gasteiger partial charge in [-0.2, -0.15) is 0 Å². The predicted octanol–water partition coefficient (Wildman–Crippen LogP) is 4.09. The third-order valence-electron chi connectivity index (χ3n) is 3.36. The van der Waals surface area contributed by atoms with Crippen LogP contribution in [-0.4, -0.2) is 0 Å². The van der Waals surface area contributed by atoms with Gasteiger partial charge in [0.05, 0.1) is 0 Å². The third kappa shape index (κ3) is 2.16. The van der Waals surface area contributed by atoms with Gasteiger partial charge in [-0.15, -0.1) is 0 Å². The van der Waals surface area contributed by atoms with E-state index in [1.165, 1.54) is 29.5 Å². The summed E-state index contributed by atoms with van der Waals surface area (Å²) in [4.78, 5) is 0. The lowest BCUT2D eigenvalue weighted by atomic mass is 9.80. The molecule has 0 aliphatic heterocycles. The largest absolute Gasteiger partial charge is 0.0991 e. The number of rotatable bonds is 3. The van der Waals surface area contributed by atoms with Crippen LogP contribution in [0.4, 0.5) is 0 Å². The molecule has 0 bridgehead atoms. The van der Waals surface area contributed by atoms with Gasteiger partial charge in [-0.3, -0.25) is 0 Å². The van der Waals surface area contributed by atoms with E-state index in [0.29, 0.717) is 5.92 Å². The molecule has 0 spiro atoms. The average Bonchev–Trinajstić information content (AvgIpc) is 2.35. The highest BCUT2D eigenvalue weighted by atomic mass is 14.2. The molecule has 1 aromatic carbocycles. The summed E-state index contributed by atoms with van der Waals surface area (Å²) in [5.74, 6) is 0.616. The van der Waals surface area contributed by atoms with Crippen molar-refractivity contribution >= 4 is 0 Å². The van der Waals surface area contributed by atoms with Crippen molar-refractivity contribution in [1.82, 2.24) is 0 Å². The van der Waals surface area contributed by atoms with Crippen LogP contribution in [0.25, 0.3) is 0 Å². The van der Waals surface area contributed by atoms with E-state index in [1.807, 2.05) is 12.2 Å². The molecule has 0 nitrogen and oxygen atoms in total. The fourth-order valence-corrected chi connectivity index (χ4v) is 2.49. The average molecular weight is 210 g/mol. The van der Waals surface area contributed by atoms with Crippen molar-refractivity contribution in [3.63, 3.8) is 0 Å². The van der Waals surface area contributed by atoms with Crippen molar-refractivity contribution in [2.45, 2.75) is 19.3 Å². The zero-order valence-corrected chi connectivity index (χ0v) is 9.65. The van der Waals surface area contributed by atoms with Gasteiger partial charge < -0.3 is 0 Å². The highest BCUT2D eigenvalue weighted by Crippen LogP contribution is 2.30. The van der Waals surface area contributed by atoms with Crippen molar-refractivity contribution in [2.24, 2.45) is 5.92 Å². The topological polar surface area (TPSA) is 0 Å². The first kappa shape index (κ1) is 10.9. The van der Waals surface area contributed by atoms with Crippen molar-refractivity contribution in [2.75, 3.05) is 0 Å². The molecule has 1 aliphatic carbocycles. The molecule has 16 heavy (non-hydrogen) atoms. The minimum Gasteiger partial charge on any atom is -0.0991 e. The Morgan fingerprint density at radius 3 is 2.62 bits per heavy atom. The van der Waals surface area contributed by atoms with Gasteiger partial charge in [-0.05, 0) is 41.9 Å². The fourth-order valence-electron chi connectivity index (χ4n) is 2.49. The van der Waals surface area contributed by atoms with Crippen molar-refractivity contribution < 1.29 is 0 Å². The second kappa shape index (κ2) is 4.98. The van der Waals surface area contributed by atoms with Crippen molar-refractivity contribution in [3.8, 4) is 0 Å².